The molecule has 1 aliphatic heterocycles. The predicted octanol–water partition coefficient (Wildman–Crippen LogP) is 2.04. The summed E-state index contributed by atoms with van der Waals surface area (Å²) in [5, 5.41) is 7.07. The fraction of sp³-hybridized carbons (Fsp3) is 0.100. The Morgan fingerprint density at radius 1 is 1.38 bits per heavy atom. The minimum absolute atomic E-state index is 0.195. The first kappa shape index (κ1) is 9.35. The van der Waals surface area contributed by atoms with E-state index in [2.05, 4.69) is 10.2 Å². The molecule has 1 aromatic heterocycles. The van der Waals surface area contributed by atoms with E-state index in [4.69, 9.17) is 26.8 Å². The van der Waals surface area contributed by atoms with Crippen LogP contribution in [-0.2, 0) is 0 Å². The van der Waals surface area contributed by atoms with E-state index in [1.165, 1.54) is 0 Å². The van der Waals surface area contributed by atoms with Crippen molar-refractivity contribution in [1.29, 1.82) is 0 Å². The van der Waals surface area contributed by atoms with Gasteiger partial charge in [0.15, 0.2) is 11.5 Å². The van der Waals surface area contributed by atoms with Crippen molar-refractivity contribution in [2.45, 2.75) is 0 Å². The number of aromatic amines is 1. The number of nitrogens with zero attached hydrogens (tertiary/aromatic N) is 1. The van der Waals surface area contributed by atoms with Gasteiger partial charge in [0.2, 0.25) is 6.79 Å². The molecule has 0 saturated heterocycles. The van der Waals surface area contributed by atoms with Crippen LogP contribution in [0.1, 0.15) is 0 Å². The highest BCUT2D eigenvalue weighted by Crippen LogP contribution is 2.46. The molecular weight excluding hydrogens is 230 g/mol. The van der Waals surface area contributed by atoms with Crippen LogP contribution in [0.15, 0.2) is 18.3 Å². The third kappa shape index (κ3) is 1.22. The van der Waals surface area contributed by atoms with E-state index in [9.17, 15) is 0 Å². The summed E-state index contributed by atoms with van der Waals surface area (Å²) in [7, 11) is 0. The quantitative estimate of drug-likeness (QED) is 0.796. The Labute approximate surface area is 96.1 Å². The van der Waals surface area contributed by atoms with Gasteiger partial charge in [-0.15, -0.1) is 0 Å². The number of nitrogen functional groups attached to an aromatic ring is 1. The molecule has 82 valence electrons. The lowest BCUT2D eigenvalue weighted by molar-refractivity contribution is 0.174. The monoisotopic (exact) mass is 237 g/mol. The van der Waals surface area contributed by atoms with Gasteiger partial charge < -0.3 is 15.2 Å². The predicted molar refractivity (Wildman–Crippen MR) is 59.6 cm³/mol. The molecule has 0 fully saturated rings. The normalized spacial score (nSPS) is 13.1. The maximum absolute atomic E-state index is 6.14. The van der Waals surface area contributed by atoms with Gasteiger partial charge in [-0.1, -0.05) is 11.6 Å². The number of benzene rings is 1. The SMILES string of the molecule is Nc1[nH]ncc1-c1c(Cl)ccc2c1OCO2. The molecular formula is C10H8ClN3O2. The van der Waals surface area contributed by atoms with Crippen molar-refractivity contribution in [1.82, 2.24) is 10.2 Å². The highest BCUT2D eigenvalue weighted by Gasteiger charge is 2.23. The second-order valence-corrected chi connectivity index (χ2v) is 3.76. The van der Waals surface area contributed by atoms with Crippen molar-refractivity contribution in [2.75, 3.05) is 12.5 Å². The Kier molecular flexibility index (Phi) is 1.94. The fourth-order valence-corrected chi connectivity index (χ4v) is 1.95. The lowest BCUT2D eigenvalue weighted by Crippen LogP contribution is -1.94. The Morgan fingerprint density at radius 2 is 2.25 bits per heavy atom. The van der Waals surface area contributed by atoms with Gasteiger partial charge in [-0.3, -0.25) is 5.10 Å². The molecule has 0 atom stereocenters. The minimum Gasteiger partial charge on any atom is -0.454 e. The molecule has 3 rings (SSSR count). The van der Waals surface area contributed by atoms with Crippen LogP contribution in [0.25, 0.3) is 11.1 Å². The molecule has 1 aromatic carbocycles. The summed E-state index contributed by atoms with van der Waals surface area (Å²) in [5.74, 6) is 1.73. The number of rotatable bonds is 1. The molecule has 0 amide bonds. The van der Waals surface area contributed by atoms with Crippen LogP contribution in [0.3, 0.4) is 0 Å². The summed E-state index contributed by atoms with van der Waals surface area (Å²) >= 11 is 6.14. The Morgan fingerprint density at radius 3 is 3.00 bits per heavy atom. The van der Waals surface area contributed by atoms with Crippen LogP contribution in [0.2, 0.25) is 5.02 Å². The second-order valence-electron chi connectivity index (χ2n) is 3.35. The summed E-state index contributed by atoms with van der Waals surface area (Å²) in [5.41, 5.74) is 7.19. The van der Waals surface area contributed by atoms with E-state index >= 15 is 0 Å². The maximum atomic E-state index is 6.14. The van der Waals surface area contributed by atoms with Gasteiger partial charge in [-0.25, -0.2) is 0 Å². The number of halogens is 1. The molecule has 1 aliphatic rings. The highest BCUT2D eigenvalue weighted by molar-refractivity contribution is 6.34. The first-order valence-electron chi connectivity index (χ1n) is 4.64. The lowest BCUT2D eigenvalue weighted by atomic mass is 10.1. The third-order valence-electron chi connectivity index (χ3n) is 2.43. The van der Waals surface area contributed by atoms with Crippen LogP contribution in [-0.4, -0.2) is 17.0 Å². The standard InChI is InChI=1S/C10H8ClN3O2/c11-6-1-2-7-9(16-4-15-7)8(6)5-3-13-14-10(5)12/h1-3H,4H2,(H3,12,13,14). The van der Waals surface area contributed by atoms with E-state index in [0.29, 0.717) is 33.5 Å². The van der Waals surface area contributed by atoms with Gasteiger partial charge in [0.1, 0.15) is 5.82 Å². The largest absolute Gasteiger partial charge is 0.454 e. The van der Waals surface area contributed by atoms with Gasteiger partial charge in [-0.05, 0) is 12.1 Å². The van der Waals surface area contributed by atoms with Crippen molar-refractivity contribution < 1.29 is 9.47 Å². The highest BCUT2D eigenvalue weighted by atomic mass is 35.5. The van der Waals surface area contributed by atoms with Crippen molar-refractivity contribution in [3.05, 3.63) is 23.4 Å². The molecule has 0 bridgehead atoms. The molecule has 0 radical (unpaired) electrons. The van der Waals surface area contributed by atoms with Crippen molar-refractivity contribution in [3.63, 3.8) is 0 Å². The van der Waals surface area contributed by atoms with Crippen molar-refractivity contribution >= 4 is 17.4 Å². The van der Waals surface area contributed by atoms with E-state index in [-0.39, 0.29) is 6.79 Å². The van der Waals surface area contributed by atoms with Gasteiger partial charge in [-0.2, -0.15) is 5.10 Å². The molecule has 3 N–H and O–H groups in total. The summed E-state index contributed by atoms with van der Waals surface area (Å²) in [4.78, 5) is 0. The number of nitrogens with one attached hydrogen (secondary N) is 1. The number of ether oxygens (including phenoxy) is 2. The molecule has 2 aromatic rings. The maximum Gasteiger partial charge on any atom is 0.231 e. The van der Waals surface area contributed by atoms with Crippen molar-refractivity contribution in [2.24, 2.45) is 0 Å². The number of H-pyrrole nitrogens is 1. The molecule has 0 saturated carbocycles. The average Bonchev–Trinajstić information content (AvgIpc) is 2.87. The molecule has 5 nitrogen and oxygen atoms in total. The Balaban J connectivity index is 2.28. The van der Waals surface area contributed by atoms with Crippen LogP contribution >= 0.6 is 11.6 Å². The van der Waals surface area contributed by atoms with Crippen LogP contribution in [0, 0.1) is 0 Å². The smallest absolute Gasteiger partial charge is 0.231 e. The van der Waals surface area contributed by atoms with Crippen LogP contribution in [0.4, 0.5) is 5.82 Å². The number of nitrogens with two attached hydrogens (primary N) is 1. The zero-order valence-corrected chi connectivity index (χ0v) is 8.91. The molecule has 6 heteroatoms. The fourth-order valence-electron chi connectivity index (χ4n) is 1.69. The first-order chi connectivity index (χ1) is 7.77. The van der Waals surface area contributed by atoms with Gasteiger partial charge in [0, 0.05) is 5.56 Å². The molecule has 0 unspecified atom stereocenters. The van der Waals surface area contributed by atoms with Gasteiger partial charge >= 0.3 is 0 Å². The van der Waals surface area contributed by atoms with E-state index in [0.717, 1.165) is 0 Å². The summed E-state index contributed by atoms with van der Waals surface area (Å²) < 4.78 is 10.7. The first-order valence-corrected chi connectivity index (χ1v) is 5.02. The van der Waals surface area contributed by atoms with E-state index < -0.39 is 0 Å². The summed E-state index contributed by atoms with van der Waals surface area (Å²) in [6.07, 6.45) is 1.61. The second kappa shape index (κ2) is 3.31. The van der Waals surface area contributed by atoms with Crippen molar-refractivity contribution in [3.8, 4) is 22.6 Å². The zero-order chi connectivity index (χ0) is 11.1. The number of aromatic nitrogens is 2. The molecule has 16 heavy (non-hydrogen) atoms. The summed E-state index contributed by atoms with van der Waals surface area (Å²) in [6.45, 7) is 0.195. The lowest BCUT2D eigenvalue weighted by Gasteiger charge is -2.06. The van der Waals surface area contributed by atoms with E-state index in [1.807, 2.05) is 0 Å². The van der Waals surface area contributed by atoms with E-state index in [1.54, 1.807) is 18.3 Å². The number of hydrogen-bond acceptors (Lipinski definition) is 4. The number of anilines is 1. The number of fused-ring (bicyclic) bond motifs is 1. The average molecular weight is 238 g/mol. The van der Waals surface area contributed by atoms with Gasteiger partial charge in [0.05, 0.1) is 16.8 Å². The van der Waals surface area contributed by atoms with Gasteiger partial charge in [0.25, 0.3) is 0 Å². The molecule has 0 spiro atoms. The minimum atomic E-state index is 0.195. The topological polar surface area (TPSA) is 73.2 Å². The third-order valence-corrected chi connectivity index (χ3v) is 2.74. The zero-order valence-electron chi connectivity index (χ0n) is 8.16. The molecule has 0 aliphatic carbocycles. The Hall–Kier alpha value is -1.88. The summed E-state index contributed by atoms with van der Waals surface area (Å²) in [6, 6.07) is 3.52. The Bertz CT molecular complexity index is 553. The number of hydrogen-bond donors (Lipinski definition) is 2. The van der Waals surface area contributed by atoms with Crippen LogP contribution in [0.5, 0.6) is 11.5 Å². The van der Waals surface area contributed by atoms with Crippen LogP contribution < -0.4 is 15.2 Å². The molecule has 2 heterocycles.